The molecular formula is C16H24N4O2S. The van der Waals surface area contributed by atoms with Crippen LogP contribution >= 0.6 is 11.3 Å². The van der Waals surface area contributed by atoms with Crippen molar-refractivity contribution in [1.82, 2.24) is 14.8 Å². The summed E-state index contributed by atoms with van der Waals surface area (Å²) in [6.45, 7) is 7.41. The lowest BCUT2D eigenvalue weighted by molar-refractivity contribution is -0.144. The number of carbonyl (C=O) groups excluding carboxylic acids is 2. The topological polar surface area (TPSA) is 65.5 Å². The molecule has 2 aliphatic heterocycles. The minimum absolute atomic E-state index is 0.436. The van der Waals surface area contributed by atoms with E-state index in [-0.39, 0.29) is 0 Å². The SMILES string of the molecule is CC1CC(C)CN(C(=O)C(=O)Nc2nc3c(s2)CN(C)CC3)C1. The fraction of sp³-hybridized carbons (Fsp3) is 0.688. The van der Waals surface area contributed by atoms with E-state index in [0.29, 0.717) is 30.1 Å². The number of amides is 2. The molecule has 0 aliphatic carbocycles. The van der Waals surface area contributed by atoms with Crippen molar-refractivity contribution in [3.8, 4) is 0 Å². The molecule has 0 radical (unpaired) electrons. The number of thiazole rings is 1. The first-order valence-electron chi connectivity index (χ1n) is 8.19. The smallest absolute Gasteiger partial charge is 0.315 e. The van der Waals surface area contributed by atoms with Crippen LogP contribution in [-0.2, 0) is 22.6 Å². The van der Waals surface area contributed by atoms with E-state index in [2.05, 4.69) is 36.1 Å². The number of rotatable bonds is 1. The summed E-state index contributed by atoms with van der Waals surface area (Å²) in [5, 5.41) is 3.24. The first kappa shape index (κ1) is 16.4. The van der Waals surface area contributed by atoms with Gasteiger partial charge in [-0.3, -0.25) is 14.9 Å². The number of aromatic nitrogens is 1. The summed E-state index contributed by atoms with van der Waals surface area (Å²) < 4.78 is 0. The van der Waals surface area contributed by atoms with E-state index in [1.54, 1.807) is 4.90 Å². The Balaban J connectivity index is 1.64. The lowest BCUT2D eigenvalue weighted by Gasteiger charge is -2.34. The number of nitrogens with one attached hydrogen (secondary N) is 1. The minimum Gasteiger partial charge on any atom is -0.334 e. The van der Waals surface area contributed by atoms with Crippen LogP contribution in [0.15, 0.2) is 0 Å². The summed E-state index contributed by atoms with van der Waals surface area (Å²) in [5.74, 6) is -0.115. The second-order valence-corrected chi connectivity index (χ2v) is 8.07. The van der Waals surface area contributed by atoms with Crippen molar-refractivity contribution < 1.29 is 9.59 Å². The first-order valence-corrected chi connectivity index (χ1v) is 9.01. The summed E-state index contributed by atoms with van der Waals surface area (Å²) in [4.78, 5) is 34.2. The van der Waals surface area contributed by atoms with Crippen molar-refractivity contribution in [2.75, 3.05) is 32.0 Å². The highest BCUT2D eigenvalue weighted by Crippen LogP contribution is 2.28. The standard InChI is InChI=1S/C16H24N4O2S/c1-10-6-11(2)8-20(7-10)15(22)14(21)18-16-17-12-4-5-19(3)9-13(12)23-16/h10-11H,4-9H2,1-3H3,(H,17,18,21). The zero-order valence-electron chi connectivity index (χ0n) is 14.0. The van der Waals surface area contributed by atoms with Crippen molar-refractivity contribution in [3.05, 3.63) is 10.6 Å². The number of hydrogen-bond acceptors (Lipinski definition) is 5. The predicted octanol–water partition coefficient (Wildman–Crippen LogP) is 1.57. The van der Waals surface area contributed by atoms with Gasteiger partial charge in [-0.25, -0.2) is 4.98 Å². The van der Waals surface area contributed by atoms with E-state index >= 15 is 0 Å². The van der Waals surface area contributed by atoms with E-state index in [1.165, 1.54) is 16.2 Å². The lowest BCUT2D eigenvalue weighted by atomic mass is 9.92. The third-order valence-electron chi connectivity index (χ3n) is 4.49. The molecule has 1 aromatic heterocycles. The van der Waals surface area contributed by atoms with Gasteiger partial charge in [-0.05, 0) is 25.3 Å². The molecule has 0 saturated carbocycles. The molecule has 2 unspecified atom stereocenters. The Kier molecular flexibility index (Phi) is 4.68. The van der Waals surface area contributed by atoms with Crippen LogP contribution in [0.5, 0.6) is 0 Å². The number of anilines is 1. The van der Waals surface area contributed by atoms with Crippen LogP contribution in [0, 0.1) is 11.8 Å². The van der Waals surface area contributed by atoms with E-state index in [1.807, 2.05) is 0 Å². The van der Waals surface area contributed by atoms with E-state index < -0.39 is 11.8 Å². The van der Waals surface area contributed by atoms with E-state index in [4.69, 9.17) is 0 Å². The number of likely N-dealkylation sites (N-methyl/N-ethyl adjacent to an activating group) is 1. The summed E-state index contributed by atoms with van der Waals surface area (Å²) in [6, 6.07) is 0. The maximum absolute atomic E-state index is 12.4. The number of nitrogens with zero attached hydrogens (tertiary/aromatic N) is 3. The maximum Gasteiger partial charge on any atom is 0.315 e. The van der Waals surface area contributed by atoms with Gasteiger partial charge in [0.1, 0.15) is 0 Å². The first-order chi connectivity index (χ1) is 10.9. The molecule has 7 heteroatoms. The van der Waals surface area contributed by atoms with Crippen molar-refractivity contribution >= 4 is 28.3 Å². The molecule has 3 rings (SSSR count). The van der Waals surface area contributed by atoms with Crippen LogP contribution in [-0.4, -0.2) is 53.3 Å². The normalized spacial score (nSPS) is 25.1. The highest BCUT2D eigenvalue weighted by atomic mass is 32.1. The van der Waals surface area contributed by atoms with Crippen molar-refractivity contribution in [1.29, 1.82) is 0 Å². The largest absolute Gasteiger partial charge is 0.334 e. The van der Waals surface area contributed by atoms with E-state index in [0.717, 1.165) is 31.6 Å². The van der Waals surface area contributed by atoms with Gasteiger partial charge in [-0.2, -0.15) is 0 Å². The molecule has 0 bridgehead atoms. The van der Waals surface area contributed by atoms with Crippen molar-refractivity contribution in [2.45, 2.75) is 33.2 Å². The van der Waals surface area contributed by atoms with Crippen LogP contribution in [0.2, 0.25) is 0 Å². The molecular weight excluding hydrogens is 312 g/mol. The zero-order chi connectivity index (χ0) is 16.6. The molecule has 2 amide bonds. The molecule has 126 valence electrons. The molecule has 1 fully saturated rings. The summed E-state index contributed by atoms with van der Waals surface area (Å²) in [6.07, 6.45) is 2.01. The molecule has 1 aromatic rings. The third-order valence-corrected chi connectivity index (χ3v) is 5.49. The fourth-order valence-corrected chi connectivity index (χ4v) is 4.58. The van der Waals surface area contributed by atoms with Gasteiger partial charge in [0, 0.05) is 37.5 Å². The number of piperidine rings is 1. The Morgan fingerprint density at radius 1 is 1.26 bits per heavy atom. The summed E-state index contributed by atoms with van der Waals surface area (Å²) in [7, 11) is 2.07. The summed E-state index contributed by atoms with van der Waals surface area (Å²) >= 11 is 1.48. The van der Waals surface area contributed by atoms with Crippen molar-refractivity contribution in [3.63, 3.8) is 0 Å². The Bertz CT molecular complexity index is 605. The highest BCUT2D eigenvalue weighted by molar-refractivity contribution is 7.16. The van der Waals surface area contributed by atoms with Gasteiger partial charge in [0.2, 0.25) is 0 Å². The quantitative estimate of drug-likeness (QED) is 0.791. The fourth-order valence-electron chi connectivity index (χ4n) is 3.50. The van der Waals surface area contributed by atoms with Gasteiger partial charge < -0.3 is 9.80 Å². The monoisotopic (exact) mass is 336 g/mol. The molecule has 0 spiro atoms. The number of likely N-dealkylation sites (tertiary alicyclic amines) is 1. The van der Waals surface area contributed by atoms with Gasteiger partial charge in [0.25, 0.3) is 0 Å². The molecule has 6 nitrogen and oxygen atoms in total. The molecule has 23 heavy (non-hydrogen) atoms. The predicted molar refractivity (Wildman–Crippen MR) is 90.3 cm³/mol. The minimum atomic E-state index is -0.564. The third kappa shape index (κ3) is 3.72. The lowest BCUT2D eigenvalue weighted by Crippen LogP contribution is -2.47. The highest BCUT2D eigenvalue weighted by Gasteiger charge is 2.30. The average Bonchev–Trinajstić information content (AvgIpc) is 2.86. The number of hydrogen-bond donors (Lipinski definition) is 1. The van der Waals surface area contributed by atoms with Gasteiger partial charge >= 0.3 is 11.8 Å². The van der Waals surface area contributed by atoms with Gasteiger partial charge in [-0.1, -0.05) is 13.8 Å². The van der Waals surface area contributed by atoms with Crippen LogP contribution < -0.4 is 5.32 Å². The number of fused-ring (bicyclic) bond motifs is 1. The van der Waals surface area contributed by atoms with Crippen LogP contribution in [0.25, 0.3) is 0 Å². The Morgan fingerprint density at radius 3 is 2.65 bits per heavy atom. The van der Waals surface area contributed by atoms with Crippen molar-refractivity contribution in [2.24, 2.45) is 11.8 Å². The zero-order valence-corrected chi connectivity index (χ0v) is 14.8. The maximum atomic E-state index is 12.4. The van der Waals surface area contributed by atoms with Crippen LogP contribution in [0.3, 0.4) is 0 Å². The van der Waals surface area contributed by atoms with E-state index in [9.17, 15) is 9.59 Å². The molecule has 2 aliphatic rings. The molecule has 1 saturated heterocycles. The van der Waals surface area contributed by atoms with Crippen LogP contribution in [0.1, 0.15) is 30.8 Å². The van der Waals surface area contributed by atoms with Gasteiger partial charge in [0.15, 0.2) is 5.13 Å². The Labute approximate surface area is 140 Å². The van der Waals surface area contributed by atoms with Gasteiger partial charge in [-0.15, -0.1) is 11.3 Å². The molecule has 1 N–H and O–H groups in total. The number of carbonyl (C=O) groups is 2. The van der Waals surface area contributed by atoms with Crippen LogP contribution in [0.4, 0.5) is 5.13 Å². The Hall–Kier alpha value is -1.47. The second kappa shape index (κ2) is 6.57. The molecule has 3 heterocycles. The molecule has 0 aromatic carbocycles. The van der Waals surface area contributed by atoms with Gasteiger partial charge in [0.05, 0.1) is 5.69 Å². The summed E-state index contributed by atoms with van der Waals surface area (Å²) in [5.41, 5.74) is 1.05. The molecule has 2 atom stereocenters. The average molecular weight is 336 g/mol. The second-order valence-electron chi connectivity index (χ2n) is 6.99. The Morgan fingerprint density at radius 2 is 1.96 bits per heavy atom.